The van der Waals surface area contributed by atoms with Gasteiger partial charge in [-0.25, -0.2) is 13.4 Å². The monoisotopic (exact) mass is 481 g/mol. The van der Waals surface area contributed by atoms with Gasteiger partial charge >= 0.3 is 0 Å². The number of aromatic nitrogens is 2. The fourth-order valence-electron chi connectivity index (χ4n) is 4.04. The number of benzene rings is 2. The Kier molecular flexibility index (Phi) is 6.61. The Labute approximate surface area is 199 Å². The minimum atomic E-state index is -3.59. The summed E-state index contributed by atoms with van der Waals surface area (Å²) in [6.07, 6.45) is 1.76. The predicted octanol–water partition coefficient (Wildman–Crippen LogP) is 2.62. The predicted molar refractivity (Wildman–Crippen MR) is 129 cm³/mol. The van der Waals surface area contributed by atoms with Gasteiger partial charge in [0.1, 0.15) is 17.3 Å². The Morgan fingerprint density at radius 3 is 2.15 bits per heavy atom. The molecule has 0 aliphatic carbocycles. The standard InChI is InChI=1S/C24H27N5O4S/c30-34(31,22-8-6-21(7-9-22)33-20-4-2-1-3-5-20)29-14-12-27(13-15-29)23-10-11-25-24(26-23)28-16-18-32-19-17-28/h1-11H,12-19H2. The molecule has 10 heteroatoms. The van der Waals surface area contributed by atoms with Gasteiger partial charge in [0.15, 0.2) is 0 Å². The van der Waals surface area contributed by atoms with Gasteiger partial charge in [0.25, 0.3) is 0 Å². The number of piperazine rings is 1. The zero-order valence-electron chi connectivity index (χ0n) is 18.8. The quantitative estimate of drug-likeness (QED) is 0.531. The molecule has 34 heavy (non-hydrogen) atoms. The molecule has 178 valence electrons. The number of sulfonamides is 1. The van der Waals surface area contributed by atoms with Gasteiger partial charge in [0, 0.05) is 45.5 Å². The van der Waals surface area contributed by atoms with Crippen molar-refractivity contribution in [3.8, 4) is 11.5 Å². The van der Waals surface area contributed by atoms with Crippen LogP contribution >= 0.6 is 0 Å². The van der Waals surface area contributed by atoms with Gasteiger partial charge in [-0.15, -0.1) is 0 Å². The highest BCUT2D eigenvalue weighted by Gasteiger charge is 2.29. The number of ether oxygens (including phenoxy) is 2. The first kappa shape index (κ1) is 22.6. The molecule has 0 radical (unpaired) electrons. The maximum atomic E-state index is 13.2. The lowest BCUT2D eigenvalue weighted by atomic mass is 10.3. The molecule has 0 amide bonds. The molecule has 2 aliphatic heterocycles. The Morgan fingerprint density at radius 2 is 1.44 bits per heavy atom. The van der Waals surface area contributed by atoms with E-state index in [1.807, 2.05) is 36.4 Å². The van der Waals surface area contributed by atoms with Crippen molar-refractivity contribution < 1.29 is 17.9 Å². The normalized spacial score (nSPS) is 17.5. The molecule has 5 rings (SSSR count). The first-order valence-electron chi connectivity index (χ1n) is 11.3. The van der Waals surface area contributed by atoms with Crippen LogP contribution in [0.3, 0.4) is 0 Å². The van der Waals surface area contributed by atoms with E-state index in [4.69, 9.17) is 14.5 Å². The van der Waals surface area contributed by atoms with E-state index in [-0.39, 0.29) is 4.90 Å². The van der Waals surface area contributed by atoms with Crippen molar-refractivity contribution in [1.29, 1.82) is 0 Å². The molecule has 0 N–H and O–H groups in total. The molecular weight excluding hydrogens is 454 g/mol. The van der Waals surface area contributed by atoms with Crippen molar-refractivity contribution in [3.05, 3.63) is 66.9 Å². The summed E-state index contributed by atoms with van der Waals surface area (Å²) < 4.78 is 39.1. The highest BCUT2D eigenvalue weighted by molar-refractivity contribution is 7.89. The molecule has 2 aliphatic rings. The molecule has 9 nitrogen and oxygen atoms in total. The van der Waals surface area contributed by atoms with E-state index < -0.39 is 10.0 Å². The van der Waals surface area contributed by atoms with Crippen LogP contribution in [0, 0.1) is 0 Å². The smallest absolute Gasteiger partial charge is 0.243 e. The molecule has 1 aromatic heterocycles. The maximum Gasteiger partial charge on any atom is 0.243 e. The van der Waals surface area contributed by atoms with Crippen LogP contribution in [0.5, 0.6) is 11.5 Å². The number of hydrogen-bond acceptors (Lipinski definition) is 8. The summed E-state index contributed by atoms with van der Waals surface area (Å²) in [5.74, 6) is 2.80. The molecule has 0 bridgehead atoms. The van der Waals surface area contributed by atoms with Crippen LogP contribution in [0.25, 0.3) is 0 Å². The van der Waals surface area contributed by atoms with Crippen molar-refractivity contribution >= 4 is 21.8 Å². The number of nitrogens with zero attached hydrogens (tertiary/aromatic N) is 5. The lowest BCUT2D eigenvalue weighted by Crippen LogP contribution is -2.49. The Balaban J connectivity index is 1.22. The molecule has 0 saturated carbocycles. The van der Waals surface area contributed by atoms with E-state index in [0.717, 1.165) is 18.9 Å². The number of morpholine rings is 1. The highest BCUT2D eigenvalue weighted by Crippen LogP contribution is 2.25. The van der Waals surface area contributed by atoms with E-state index in [1.54, 1.807) is 30.5 Å². The Morgan fingerprint density at radius 1 is 0.765 bits per heavy atom. The van der Waals surface area contributed by atoms with Crippen LogP contribution in [0.4, 0.5) is 11.8 Å². The van der Waals surface area contributed by atoms with E-state index in [0.29, 0.717) is 56.8 Å². The molecule has 0 spiro atoms. The topological polar surface area (TPSA) is 88.1 Å². The van der Waals surface area contributed by atoms with Crippen LogP contribution in [0.1, 0.15) is 0 Å². The summed E-state index contributed by atoms with van der Waals surface area (Å²) in [6, 6.07) is 17.8. The number of rotatable bonds is 6. The van der Waals surface area contributed by atoms with Crippen molar-refractivity contribution in [2.45, 2.75) is 4.90 Å². The lowest BCUT2D eigenvalue weighted by Gasteiger charge is -2.35. The van der Waals surface area contributed by atoms with Crippen molar-refractivity contribution in [2.75, 3.05) is 62.3 Å². The van der Waals surface area contributed by atoms with E-state index in [9.17, 15) is 8.42 Å². The first-order valence-corrected chi connectivity index (χ1v) is 12.8. The maximum absolute atomic E-state index is 13.2. The van der Waals surface area contributed by atoms with Crippen LogP contribution < -0.4 is 14.5 Å². The zero-order chi connectivity index (χ0) is 23.4. The minimum absolute atomic E-state index is 0.262. The van der Waals surface area contributed by atoms with Gasteiger partial charge in [-0.3, -0.25) is 0 Å². The van der Waals surface area contributed by atoms with Gasteiger partial charge < -0.3 is 19.3 Å². The SMILES string of the molecule is O=S(=O)(c1ccc(Oc2ccccc2)cc1)N1CCN(c2ccnc(N3CCOCC3)n2)CC1. The minimum Gasteiger partial charge on any atom is -0.457 e. The third-order valence-corrected chi connectivity index (χ3v) is 7.84. The first-order chi connectivity index (χ1) is 16.6. The molecule has 2 aromatic carbocycles. The number of para-hydroxylation sites is 1. The summed E-state index contributed by atoms with van der Waals surface area (Å²) in [6.45, 7) is 4.78. The zero-order valence-corrected chi connectivity index (χ0v) is 19.6. The molecule has 0 atom stereocenters. The van der Waals surface area contributed by atoms with Crippen LogP contribution in [0.2, 0.25) is 0 Å². The van der Waals surface area contributed by atoms with Gasteiger partial charge in [0.05, 0.1) is 18.1 Å². The fourth-order valence-corrected chi connectivity index (χ4v) is 5.46. The second-order valence-corrected chi connectivity index (χ2v) is 10.0. The average Bonchev–Trinajstić information content (AvgIpc) is 2.90. The van der Waals surface area contributed by atoms with E-state index in [1.165, 1.54) is 4.31 Å². The lowest BCUT2D eigenvalue weighted by molar-refractivity contribution is 0.122. The fraction of sp³-hybridized carbons (Fsp3) is 0.333. The van der Waals surface area contributed by atoms with Gasteiger partial charge in [-0.05, 0) is 42.5 Å². The molecule has 3 aromatic rings. The summed E-state index contributed by atoms with van der Waals surface area (Å²) in [4.78, 5) is 13.6. The second-order valence-electron chi connectivity index (χ2n) is 8.09. The molecule has 3 heterocycles. The van der Waals surface area contributed by atoms with Crippen molar-refractivity contribution in [3.63, 3.8) is 0 Å². The molecule has 0 unspecified atom stereocenters. The van der Waals surface area contributed by atoms with Gasteiger partial charge in [-0.2, -0.15) is 9.29 Å². The summed E-state index contributed by atoms with van der Waals surface area (Å²) in [5, 5.41) is 0. The Bertz CT molecular complexity index is 1190. The molecular formula is C24H27N5O4S. The van der Waals surface area contributed by atoms with Crippen molar-refractivity contribution in [2.24, 2.45) is 0 Å². The number of hydrogen-bond donors (Lipinski definition) is 0. The van der Waals surface area contributed by atoms with E-state index >= 15 is 0 Å². The third-order valence-electron chi connectivity index (χ3n) is 5.93. The van der Waals surface area contributed by atoms with E-state index in [2.05, 4.69) is 14.8 Å². The summed E-state index contributed by atoms with van der Waals surface area (Å²) >= 11 is 0. The van der Waals surface area contributed by atoms with Gasteiger partial charge in [-0.1, -0.05) is 18.2 Å². The second kappa shape index (κ2) is 9.96. The van der Waals surface area contributed by atoms with Crippen LogP contribution in [-0.4, -0.2) is 75.2 Å². The molecule has 2 fully saturated rings. The van der Waals surface area contributed by atoms with Gasteiger partial charge in [0.2, 0.25) is 16.0 Å². The van der Waals surface area contributed by atoms with Crippen LogP contribution in [0.15, 0.2) is 71.8 Å². The Hall–Kier alpha value is -3.21. The number of anilines is 2. The molecule has 2 saturated heterocycles. The van der Waals surface area contributed by atoms with Crippen LogP contribution in [-0.2, 0) is 14.8 Å². The average molecular weight is 482 g/mol. The highest BCUT2D eigenvalue weighted by atomic mass is 32.2. The summed E-state index contributed by atoms with van der Waals surface area (Å²) in [7, 11) is -3.59. The summed E-state index contributed by atoms with van der Waals surface area (Å²) in [5.41, 5.74) is 0. The largest absolute Gasteiger partial charge is 0.457 e. The third kappa shape index (κ3) is 4.98. The van der Waals surface area contributed by atoms with Crippen molar-refractivity contribution in [1.82, 2.24) is 14.3 Å².